The third-order valence-electron chi connectivity index (χ3n) is 6.90. The zero-order valence-corrected chi connectivity index (χ0v) is 20.8. The van der Waals surface area contributed by atoms with Gasteiger partial charge in [-0.05, 0) is 69.7 Å². The minimum absolute atomic E-state index is 0.0443. The Kier molecular flexibility index (Phi) is 6.07. The first kappa shape index (κ1) is 23.8. The molecule has 0 radical (unpaired) electrons. The molecule has 1 fully saturated rings. The second-order valence-electron chi connectivity index (χ2n) is 9.06. The van der Waals surface area contributed by atoms with Crippen molar-refractivity contribution in [2.45, 2.75) is 31.3 Å². The second-order valence-corrected chi connectivity index (χ2v) is 9.85. The first-order valence-corrected chi connectivity index (χ1v) is 12.0. The molecule has 35 heavy (non-hydrogen) atoms. The summed E-state index contributed by atoms with van der Waals surface area (Å²) >= 11 is 12.4. The molecule has 2 aliphatic heterocycles. The van der Waals surface area contributed by atoms with E-state index in [1.54, 1.807) is 13.1 Å². The van der Waals surface area contributed by atoms with Crippen molar-refractivity contribution in [1.29, 1.82) is 0 Å². The van der Waals surface area contributed by atoms with Crippen LogP contribution in [0.2, 0.25) is 10.0 Å². The number of anilines is 2. The second kappa shape index (κ2) is 8.93. The lowest BCUT2D eigenvalue weighted by atomic mass is 9.73. The van der Waals surface area contributed by atoms with Crippen molar-refractivity contribution >= 4 is 40.6 Å². The van der Waals surface area contributed by atoms with Crippen molar-refractivity contribution in [2.75, 3.05) is 31.2 Å². The van der Waals surface area contributed by atoms with Gasteiger partial charge in [0.1, 0.15) is 11.9 Å². The Morgan fingerprint density at radius 2 is 1.97 bits per heavy atom. The molecule has 0 unspecified atom stereocenters. The molecule has 3 N–H and O–H groups in total. The Bertz CT molecular complexity index is 1330. The third-order valence-corrected chi connectivity index (χ3v) is 7.61. The summed E-state index contributed by atoms with van der Waals surface area (Å²) in [6, 6.07) is 8.37. The lowest BCUT2D eigenvalue weighted by molar-refractivity contribution is -0.122. The van der Waals surface area contributed by atoms with Crippen LogP contribution < -0.4 is 15.8 Å². The number of benzene rings is 2. The van der Waals surface area contributed by atoms with Crippen molar-refractivity contribution < 1.29 is 13.9 Å². The van der Waals surface area contributed by atoms with Gasteiger partial charge >= 0.3 is 0 Å². The van der Waals surface area contributed by atoms with Gasteiger partial charge < -0.3 is 20.7 Å². The molecule has 1 saturated heterocycles. The number of carbonyl (C=O) groups excluding carboxylic acids is 1. The van der Waals surface area contributed by atoms with E-state index in [4.69, 9.17) is 33.7 Å². The lowest BCUT2D eigenvalue weighted by Crippen LogP contribution is -2.45. The Morgan fingerprint density at radius 1 is 1.23 bits per heavy atom. The molecule has 3 aromatic rings. The summed E-state index contributed by atoms with van der Waals surface area (Å²) in [5.74, 6) is -0.398. The molecule has 3 heterocycles. The van der Waals surface area contributed by atoms with Crippen molar-refractivity contribution in [1.82, 2.24) is 14.9 Å². The summed E-state index contributed by atoms with van der Waals surface area (Å²) in [6.45, 7) is 3.37. The van der Waals surface area contributed by atoms with Gasteiger partial charge in [-0.25, -0.2) is 14.4 Å². The van der Waals surface area contributed by atoms with E-state index in [1.165, 1.54) is 12.1 Å². The fourth-order valence-corrected chi connectivity index (χ4v) is 5.50. The van der Waals surface area contributed by atoms with E-state index in [0.29, 0.717) is 11.3 Å². The molecule has 5 rings (SSSR count). The van der Waals surface area contributed by atoms with Crippen molar-refractivity contribution in [3.8, 4) is 17.1 Å². The largest absolute Gasteiger partial charge is 0.467 e. The van der Waals surface area contributed by atoms with E-state index < -0.39 is 17.3 Å². The number of nitrogens with zero attached hydrogens (tertiary/aromatic N) is 3. The molecule has 2 aromatic carbocycles. The molecule has 7 nitrogen and oxygen atoms in total. The monoisotopic (exact) mass is 515 g/mol. The number of aromatic nitrogens is 2. The third kappa shape index (κ3) is 4.09. The molecular weight excluding hydrogens is 492 g/mol. The van der Waals surface area contributed by atoms with Crippen LogP contribution in [0.4, 0.5) is 15.9 Å². The number of ether oxygens (including phenoxy) is 1. The number of piperidine rings is 1. The molecule has 1 amide bonds. The van der Waals surface area contributed by atoms with E-state index in [-0.39, 0.29) is 27.7 Å². The van der Waals surface area contributed by atoms with Crippen LogP contribution in [-0.2, 0) is 10.2 Å². The fraction of sp³-hybridized carbons (Fsp3) is 0.320. The van der Waals surface area contributed by atoms with Gasteiger partial charge in [-0.15, -0.1) is 0 Å². The highest BCUT2D eigenvalue weighted by molar-refractivity contribution is 6.36. The molecule has 10 heteroatoms. The Morgan fingerprint density at radius 3 is 2.71 bits per heavy atom. The maximum atomic E-state index is 14.0. The maximum Gasteiger partial charge on any atom is 0.258 e. The van der Waals surface area contributed by atoms with Gasteiger partial charge in [0.2, 0.25) is 5.91 Å². The average molecular weight is 516 g/mol. The summed E-state index contributed by atoms with van der Waals surface area (Å²) in [5, 5.41) is 3.19. The number of halogens is 3. The van der Waals surface area contributed by atoms with E-state index in [1.807, 2.05) is 18.2 Å². The Balaban J connectivity index is 1.48. The molecule has 182 valence electrons. The summed E-state index contributed by atoms with van der Waals surface area (Å²) in [4.78, 5) is 24.0. The number of hydrogen-bond acceptors (Lipinski definition) is 6. The number of nitrogen functional groups attached to an aromatic ring is 1. The summed E-state index contributed by atoms with van der Waals surface area (Å²) < 4.78 is 19.9. The SMILES string of the molecule is C[C@@H](Oc1nc(-c2ccc3c(c2)C2(CCN(C)CC2)C(=O)N3)cnc1N)c1c(Cl)ccc(F)c1Cl. The van der Waals surface area contributed by atoms with Crippen LogP contribution in [0, 0.1) is 5.82 Å². The van der Waals surface area contributed by atoms with Crippen LogP contribution in [0.15, 0.2) is 36.5 Å². The first-order valence-electron chi connectivity index (χ1n) is 11.3. The molecular formula is C25H24Cl2FN5O2. The summed E-state index contributed by atoms with van der Waals surface area (Å²) in [5.41, 5.74) is 8.90. The Hall–Kier alpha value is -2.94. The standard InChI is InChI=1S/C25H24Cl2FN5O2/c1-13(20-16(26)4-5-17(28)21(20)27)35-23-22(29)30-12-19(31-23)14-3-6-18-15(11-14)25(24(34)32-18)7-9-33(2)10-8-25/h3-6,11-13H,7-10H2,1-2H3,(H2,29,30)(H,32,34)/t13-/m1/s1. The number of amides is 1. The normalized spacial score (nSPS) is 17.8. The quantitative estimate of drug-likeness (QED) is 0.462. The zero-order chi connectivity index (χ0) is 24.9. The maximum absolute atomic E-state index is 14.0. The van der Waals surface area contributed by atoms with Gasteiger partial charge in [-0.1, -0.05) is 29.3 Å². The van der Waals surface area contributed by atoms with Crippen molar-refractivity contribution in [3.63, 3.8) is 0 Å². The topological polar surface area (TPSA) is 93.4 Å². The van der Waals surface area contributed by atoms with Crippen molar-refractivity contribution in [3.05, 3.63) is 63.5 Å². The highest BCUT2D eigenvalue weighted by Crippen LogP contribution is 2.46. The number of rotatable bonds is 4. The number of carbonyl (C=O) groups is 1. The number of fused-ring (bicyclic) bond motifs is 2. The predicted molar refractivity (Wildman–Crippen MR) is 134 cm³/mol. The van der Waals surface area contributed by atoms with Crippen LogP contribution in [0.5, 0.6) is 5.88 Å². The minimum Gasteiger partial charge on any atom is -0.467 e. The molecule has 1 aromatic heterocycles. The van der Waals surface area contributed by atoms with Crippen LogP contribution in [-0.4, -0.2) is 40.9 Å². The van der Waals surface area contributed by atoms with Gasteiger partial charge in [0.05, 0.1) is 22.3 Å². The number of nitrogens with two attached hydrogens (primary N) is 1. The van der Waals surface area contributed by atoms with Crippen molar-refractivity contribution in [2.24, 2.45) is 0 Å². The van der Waals surface area contributed by atoms with E-state index in [0.717, 1.165) is 42.7 Å². The van der Waals surface area contributed by atoms with E-state index >= 15 is 0 Å². The Labute approximate surface area is 212 Å². The smallest absolute Gasteiger partial charge is 0.258 e. The van der Waals surface area contributed by atoms with Gasteiger partial charge in [0.25, 0.3) is 5.88 Å². The number of likely N-dealkylation sites (tertiary alicyclic amines) is 1. The zero-order valence-electron chi connectivity index (χ0n) is 19.2. The van der Waals surface area contributed by atoms with Crippen LogP contribution >= 0.6 is 23.2 Å². The minimum atomic E-state index is -0.734. The van der Waals surface area contributed by atoms with E-state index in [2.05, 4.69) is 27.2 Å². The molecule has 0 aliphatic carbocycles. The predicted octanol–water partition coefficient (Wildman–Crippen LogP) is 5.23. The fourth-order valence-electron chi connectivity index (χ4n) is 4.82. The molecule has 1 spiro atoms. The van der Waals surface area contributed by atoms with Gasteiger partial charge in [0.15, 0.2) is 5.82 Å². The van der Waals surface area contributed by atoms with Crippen LogP contribution in [0.1, 0.15) is 37.0 Å². The highest BCUT2D eigenvalue weighted by atomic mass is 35.5. The van der Waals surface area contributed by atoms with Crippen LogP contribution in [0.3, 0.4) is 0 Å². The lowest BCUT2D eigenvalue weighted by Gasteiger charge is -2.36. The number of nitrogens with one attached hydrogen (secondary N) is 1. The van der Waals surface area contributed by atoms with Gasteiger partial charge in [-0.2, -0.15) is 0 Å². The summed E-state index contributed by atoms with van der Waals surface area (Å²) in [7, 11) is 2.06. The average Bonchev–Trinajstić information content (AvgIpc) is 3.10. The van der Waals surface area contributed by atoms with Gasteiger partial charge in [0, 0.05) is 21.8 Å². The van der Waals surface area contributed by atoms with Crippen LogP contribution in [0.25, 0.3) is 11.3 Å². The molecule has 0 bridgehead atoms. The van der Waals surface area contributed by atoms with Gasteiger partial charge in [-0.3, -0.25) is 4.79 Å². The summed E-state index contributed by atoms with van der Waals surface area (Å²) in [6.07, 6.45) is 2.32. The highest BCUT2D eigenvalue weighted by Gasteiger charge is 2.48. The van der Waals surface area contributed by atoms with E-state index in [9.17, 15) is 9.18 Å². The molecule has 0 saturated carbocycles. The molecule has 1 atom stereocenters. The number of hydrogen-bond donors (Lipinski definition) is 2. The first-order chi connectivity index (χ1) is 16.7. The molecule has 2 aliphatic rings.